The molecule has 2 heterocycles. The first-order chi connectivity index (χ1) is 18.9. The van der Waals surface area contributed by atoms with Gasteiger partial charge in [0.1, 0.15) is 17.2 Å². The zero-order valence-electron chi connectivity index (χ0n) is 23.2. The first-order valence-corrected chi connectivity index (χ1v) is 14.5. The minimum absolute atomic E-state index is 0.0932. The van der Waals surface area contributed by atoms with Crippen LogP contribution in [0.1, 0.15) is 61.0 Å². The summed E-state index contributed by atoms with van der Waals surface area (Å²) < 4.78 is 26.0. The van der Waals surface area contributed by atoms with Crippen LogP contribution in [0.4, 0.5) is 10.2 Å². The molecule has 40 heavy (non-hydrogen) atoms. The van der Waals surface area contributed by atoms with E-state index in [-0.39, 0.29) is 24.8 Å². The smallest absolute Gasteiger partial charge is 0.306 e. The van der Waals surface area contributed by atoms with E-state index in [0.717, 1.165) is 21.2 Å². The number of amides is 1. The van der Waals surface area contributed by atoms with Crippen molar-refractivity contribution in [1.82, 2.24) is 10.3 Å². The number of benzene rings is 2. The Morgan fingerprint density at radius 1 is 1.20 bits per heavy atom. The molecule has 1 aliphatic rings. The van der Waals surface area contributed by atoms with Crippen LogP contribution in [0.3, 0.4) is 0 Å². The largest absolute Gasteiger partial charge is 0.460 e. The third kappa shape index (κ3) is 7.50. The SMILES string of the molecule is Cc1c(N2CCOCC2)nc2ccc(Br)cc2c1C(=O)NCC(CCC(=O)OC(C)(C)C)c1cc(F)ccc1Cl. The van der Waals surface area contributed by atoms with Gasteiger partial charge in [0.25, 0.3) is 5.91 Å². The number of carbonyl (C=O) groups is 2. The molecular weight excluding hydrogens is 601 g/mol. The van der Waals surface area contributed by atoms with Gasteiger partial charge in [-0.1, -0.05) is 27.5 Å². The number of aromatic nitrogens is 1. The molecule has 1 unspecified atom stereocenters. The monoisotopic (exact) mass is 633 g/mol. The second-order valence-corrected chi connectivity index (χ2v) is 12.2. The van der Waals surface area contributed by atoms with E-state index in [1.807, 2.05) is 25.1 Å². The molecule has 1 aromatic heterocycles. The molecule has 1 saturated heterocycles. The van der Waals surface area contributed by atoms with Crippen LogP contribution in [0.15, 0.2) is 40.9 Å². The van der Waals surface area contributed by atoms with Crippen LogP contribution >= 0.6 is 27.5 Å². The van der Waals surface area contributed by atoms with E-state index in [1.165, 1.54) is 18.2 Å². The maximum atomic E-state index is 14.2. The molecule has 7 nitrogen and oxygen atoms in total. The molecule has 1 N–H and O–H groups in total. The minimum Gasteiger partial charge on any atom is -0.460 e. The molecule has 1 aliphatic heterocycles. The molecule has 1 atom stereocenters. The Morgan fingerprint density at radius 3 is 2.62 bits per heavy atom. The highest BCUT2D eigenvalue weighted by Gasteiger charge is 2.25. The van der Waals surface area contributed by atoms with Gasteiger partial charge in [0.2, 0.25) is 0 Å². The van der Waals surface area contributed by atoms with Crippen LogP contribution in [0.2, 0.25) is 5.02 Å². The Bertz CT molecular complexity index is 1410. The van der Waals surface area contributed by atoms with E-state index in [4.69, 9.17) is 26.1 Å². The van der Waals surface area contributed by atoms with Gasteiger partial charge >= 0.3 is 5.97 Å². The van der Waals surface area contributed by atoms with Gasteiger partial charge in [0, 0.05) is 52.4 Å². The second-order valence-electron chi connectivity index (χ2n) is 10.9. The fourth-order valence-corrected chi connectivity index (χ4v) is 5.51. The summed E-state index contributed by atoms with van der Waals surface area (Å²) in [5.41, 5.74) is 1.89. The van der Waals surface area contributed by atoms with Gasteiger partial charge in [-0.05, 0) is 76.1 Å². The number of hydrogen-bond acceptors (Lipinski definition) is 6. The Labute approximate surface area is 247 Å². The first kappa shape index (κ1) is 30.2. The van der Waals surface area contributed by atoms with E-state index in [9.17, 15) is 14.0 Å². The number of hydrogen-bond donors (Lipinski definition) is 1. The average Bonchev–Trinajstić information content (AvgIpc) is 2.89. The molecule has 1 fully saturated rings. The van der Waals surface area contributed by atoms with E-state index in [1.54, 1.807) is 20.8 Å². The number of fused-ring (bicyclic) bond motifs is 1. The normalized spacial score (nSPS) is 14.7. The molecule has 0 saturated carbocycles. The number of halogens is 3. The quantitative estimate of drug-likeness (QED) is 0.283. The van der Waals surface area contributed by atoms with Crippen LogP contribution in [0.25, 0.3) is 10.9 Å². The summed E-state index contributed by atoms with van der Waals surface area (Å²) in [6.45, 7) is 10.0. The lowest BCUT2D eigenvalue weighted by atomic mass is 9.93. The highest BCUT2D eigenvalue weighted by atomic mass is 79.9. The summed E-state index contributed by atoms with van der Waals surface area (Å²) in [6.07, 6.45) is 0.412. The number of carbonyl (C=O) groups excluding carboxylic acids is 2. The van der Waals surface area contributed by atoms with Gasteiger partial charge in [-0.15, -0.1) is 0 Å². The maximum Gasteiger partial charge on any atom is 0.306 e. The highest BCUT2D eigenvalue weighted by molar-refractivity contribution is 9.10. The fraction of sp³-hybridized carbons (Fsp3) is 0.433. The van der Waals surface area contributed by atoms with Gasteiger partial charge < -0.3 is 19.7 Å². The predicted molar refractivity (Wildman–Crippen MR) is 159 cm³/mol. The standard InChI is InChI=1S/C30H34BrClFN3O4/c1-18-27(23-15-20(31)6-9-25(23)35-28(18)36-11-13-39-14-12-36)29(38)34-17-19(5-10-26(37)40-30(2,3)4)22-16-21(33)7-8-24(22)32/h6-9,15-16,19H,5,10-14,17H2,1-4H3,(H,34,38). The molecule has 10 heteroatoms. The van der Waals surface area contributed by atoms with Crippen LogP contribution < -0.4 is 10.2 Å². The lowest BCUT2D eigenvalue weighted by molar-refractivity contribution is -0.155. The van der Waals surface area contributed by atoms with Crippen molar-refractivity contribution in [2.75, 3.05) is 37.7 Å². The van der Waals surface area contributed by atoms with Crippen molar-refractivity contribution in [3.8, 4) is 0 Å². The van der Waals surface area contributed by atoms with E-state index in [0.29, 0.717) is 54.4 Å². The predicted octanol–water partition coefficient (Wildman–Crippen LogP) is 6.57. The van der Waals surface area contributed by atoms with Crippen LogP contribution in [-0.2, 0) is 14.3 Å². The van der Waals surface area contributed by atoms with Gasteiger partial charge in [-0.3, -0.25) is 9.59 Å². The summed E-state index contributed by atoms with van der Waals surface area (Å²) in [6, 6.07) is 9.80. The molecule has 3 aromatic rings. The van der Waals surface area contributed by atoms with E-state index in [2.05, 4.69) is 26.1 Å². The fourth-order valence-electron chi connectivity index (χ4n) is 4.88. The lowest BCUT2D eigenvalue weighted by Gasteiger charge is -2.30. The van der Waals surface area contributed by atoms with Gasteiger partial charge in [-0.25, -0.2) is 9.37 Å². The maximum absolute atomic E-state index is 14.2. The molecule has 0 bridgehead atoms. The average molecular weight is 635 g/mol. The van der Waals surface area contributed by atoms with Crippen LogP contribution in [-0.4, -0.2) is 55.3 Å². The lowest BCUT2D eigenvalue weighted by Crippen LogP contribution is -2.38. The Kier molecular flexibility index (Phi) is 9.69. The summed E-state index contributed by atoms with van der Waals surface area (Å²) in [7, 11) is 0. The van der Waals surface area contributed by atoms with E-state index < -0.39 is 17.3 Å². The van der Waals surface area contributed by atoms with Gasteiger partial charge in [0.15, 0.2) is 0 Å². The number of esters is 1. The number of nitrogens with one attached hydrogen (secondary N) is 1. The van der Waals surface area contributed by atoms with Gasteiger partial charge in [0.05, 0.1) is 24.3 Å². The third-order valence-electron chi connectivity index (χ3n) is 6.73. The summed E-state index contributed by atoms with van der Waals surface area (Å²) in [5, 5.41) is 4.13. The zero-order chi connectivity index (χ0) is 29.0. The van der Waals surface area contributed by atoms with Crippen molar-refractivity contribution in [3.05, 3.63) is 68.4 Å². The van der Waals surface area contributed by atoms with Crippen molar-refractivity contribution < 1.29 is 23.5 Å². The molecule has 1 amide bonds. The molecule has 214 valence electrons. The number of morpholine rings is 1. The molecule has 4 rings (SSSR count). The molecule has 0 aliphatic carbocycles. The number of ether oxygens (including phenoxy) is 2. The summed E-state index contributed by atoms with van der Waals surface area (Å²) in [5.74, 6) is -0.764. The van der Waals surface area contributed by atoms with E-state index >= 15 is 0 Å². The first-order valence-electron chi connectivity index (χ1n) is 13.3. The summed E-state index contributed by atoms with van der Waals surface area (Å²) >= 11 is 9.97. The number of rotatable bonds is 8. The van der Waals surface area contributed by atoms with Crippen molar-refractivity contribution in [3.63, 3.8) is 0 Å². The Morgan fingerprint density at radius 2 is 1.93 bits per heavy atom. The Hall–Kier alpha value is -2.75. The number of pyridine rings is 1. The minimum atomic E-state index is -0.621. The second kappa shape index (κ2) is 12.8. The van der Waals surface area contributed by atoms with Crippen LogP contribution in [0, 0.1) is 12.7 Å². The molecule has 0 radical (unpaired) electrons. The van der Waals surface area contributed by atoms with Crippen molar-refractivity contribution in [2.45, 2.75) is 52.1 Å². The zero-order valence-corrected chi connectivity index (χ0v) is 25.5. The van der Waals surface area contributed by atoms with Crippen LogP contribution in [0.5, 0.6) is 0 Å². The van der Waals surface area contributed by atoms with Gasteiger partial charge in [-0.2, -0.15) is 0 Å². The highest BCUT2D eigenvalue weighted by Crippen LogP contribution is 2.32. The third-order valence-corrected chi connectivity index (χ3v) is 7.56. The topological polar surface area (TPSA) is 80.8 Å². The van der Waals surface area contributed by atoms with Crippen molar-refractivity contribution in [1.29, 1.82) is 0 Å². The molecular formula is C30H34BrClFN3O4. The van der Waals surface area contributed by atoms with Crippen molar-refractivity contribution >= 4 is 56.1 Å². The summed E-state index contributed by atoms with van der Waals surface area (Å²) in [4.78, 5) is 33.3. The van der Waals surface area contributed by atoms with Crippen molar-refractivity contribution in [2.24, 2.45) is 0 Å². The Balaban J connectivity index is 1.64. The number of anilines is 1. The molecule has 2 aromatic carbocycles. The number of nitrogens with zero attached hydrogens (tertiary/aromatic N) is 2. The molecule has 0 spiro atoms.